The molecule has 5 heteroatoms. The first kappa shape index (κ1) is 17.5. The highest BCUT2D eigenvalue weighted by atomic mass is 32.2. The van der Waals surface area contributed by atoms with E-state index in [1.807, 2.05) is 32.3 Å². The molecule has 0 radical (unpaired) electrons. The minimum Gasteiger partial charge on any atom is -0.371 e. The fraction of sp³-hybridized carbons (Fsp3) is 0.579. The van der Waals surface area contributed by atoms with Crippen LogP contribution in [-0.4, -0.2) is 47.3 Å². The number of aliphatic imine (C=N–C) groups is 1. The summed E-state index contributed by atoms with van der Waals surface area (Å²) in [6.45, 7) is 4.43. The number of ketones is 1. The molecular weight excluding hydrogens is 320 g/mol. The predicted molar refractivity (Wildman–Crippen MR) is 99.3 cm³/mol. The summed E-state index contributed by atoms with van der Waals surface area (Å²) in [6, 6.07) is 10.4. The predicted octanol–water partition coefficient (Wildman–Crippen LogP) is 3.22. The van der Waals surface area contributed by atoms with E-state index in [1.165, 1.54) is 0 Å². The van der Waals surface area contributed by atoms with E-state index < -0.39 is 0 Å². The lowest BCUT2D eigenvalue weighted by molar-refractivity contribution is -0.128. The lowest BCUT2D eigenvalue weighted by Crippen LogP contribution is -2.49. The maximum absolute atomic E-state index is 12.1. The molecule has 1 heterocycles. The number of rotatable bonds is 4. The number of amidine groups is 1. The molecule has 0 bridgehead atoms. The number of ether oxygens (including phenoxy) is 1. The highest BCUT2D eigenvalue weighted by Crippen LogP contribution is 2.44. The van der Waals surface area contributed by atoms with E-state index in [4.69, 9.17) is 9.73 Å². The molecule has 0 unspecified atom stereocenters. The van der Waals surface area contributed by atoms with E-state index in [0.29, 0.717) is 11.9 Å². The van der Waals surface area contributed by atoms with Crippen molar-refractivity contribution >= 4 is 22.7 Å². The number of thioether (sulfide) groups is 1. The van der Waals surface area contributed by atoms with Crippen LogP contribution in [0.3, 0.4) is 0 Å². The quantitative estimate of drug-likeness (QED) is 0.839. The lowest BCUT2D eigenvalue weighted by atomic mass is 9.74. The molecule has 0 N–H and O–H groups in total. The first-order valence-corrected chi connectivity index (χ1v) is 9.43. The number of fused-ring (bicyclic) bond motifs is 1. The molecule has 1 aliphatic carbocycles. The van der Waals surface area contributed by atoms with Crippen LogP contribution in [-0.2, 0) is 16.1 Å². The van der Waals surface area contributed by atoms with E-state index in [1.54, 1.807) is 18.7 Å². The minimum absolute atomic E-state index is 0.0113. The van der Waals surface area contributed by atoms with Gasteiger partial charge in [0, 0.05) is 25.3 Å². The second-order valence-electron chi connectivity index (χ2n) is 7.03. The van der Waals surface area contributed by atoms with Gasteiger partial charge in [-0.25, -0.2) is 0 Å². The van der Waals surface area contributed by atoms with Crippen LogP contribution in [0.2, 0.25) is 0 Å². The van der Waals surface area contributed by atoms with Crippen molar-refractivity contribution in [3.05, 3.63) is 35.9 Å². The Bertz CT molecular complexity index is 617. The van der Waals surface area contributed by atoms with Crippen molar-refractivity contribution in [3.63, 3.8) is 0 Å². The molecule has 1 aliphatic heterocycles. The van der Waals surface area contributed by atoms with Crippen LogP contribution in [0, 0.1) is 11.8 Å². The van der Waals surface area contributed by atoms with Gasteiger partial charge in [-0.3, -0.25) is 9.79 Å². The standard InChI is InChI=1S/C19H26N2O2S/c1-12-15(13(2)22)10-16-17(20-19(24-16)21(3)4)18(12)23-11-14-8-6-5-7-9-14/h5-9,12,15-18H,10-11H2,1-4H3/t12-,15+,16+,17+,18+/m1/s1. The Kier molecular flexibility index (Phi) is 5.30. The van der Waals surface area contributed by atoms with Crippen molar-refractivity contribution in [1.82, 2.24) is 4.90 Å². The largest absolute Gasteiger partial charge is 0.371 e. The Morgan fingerprint density at radius 3 is 2.67 bits per heavy atom. The number of carbonyl (C=O) groups excluding carboxylic acids is 1. The number of hydrogen-bond donors (Lipinski definition) is 0. The molecule has 1 fully saturated rings. The van der Waals surface area contributed by atoms with E-state index in [-0.39, 0.29) is 29.8 Å². The van der Waals surface area contributed by atoms with Crippen LogP contribution >= 0.6 is 11.8 Å². The van der Waals surface area contributed by atoms with Gasteiger partial charge >= 0.3 is 0 Å². The monoisotopic (exact) mass is 346 g/mol. The van der Waals surface area contributed by atoms with Crippen molar-refractivity contribution in [2.24, 2.45) is 16.8 Å². The Balaban J connectivity index is 1.79. The van der Waals surface area contributed by atoms with Gasteiger partial charge < -0.3 is 9.64 Å². The zero-order chi connectivity index (χ0) is 17.3. The Morgan fingerprint density at radius 2 is 2.04 bits per heavy atom. The van der Waals surface area contributed by atoms with Gasteiger partial charge in [-0.1, -0.05) is 49.0 Å². The molecular formula is C19H26N2O2S. The van der Waals surface area contributed by atoms with Gasteiger partial charge in [-0.05, 0) is 24.8 Å². The van der Waals surface area contributed by atoms with Crippen LogP contribution < -0.4 is 0 Å². The third kappa shape index (κ3) is 3.52. The molecule has 1 aromatic carbocycles. The lowest BCUT2D eigenvalue weighted by Gasteiger charge is -2.40. The van der Waals surface area contributed by atoms with E-state index >= 15 is 0 Å². The zero-order valence-electron chi connectivity index (χ0n) is 14.8. The van der Waals surface area contributed by atoms with E-state index in [0.717, 1.165) is 17.2 Å². The van der Waals surface area contributed by atoms with Crippen molar-refractivity contribution in [1.29, 1.82) is 0 Å². The van der Waals surface area contributed by atoms with Crippen LogP contribution in [0.25, 0.3) is 0 Å². The van der Waals surface area contributed by atoms with Gasteiger partial charge in [0.25, 0.3) is 0 Å². The van der Waals surface area contributed by atoms with Crippen LogP contribution in [0.15, 0.2) is 35.3 Å². The fourth-order valence-electron chi connectivity index (χ4n) is 3.70. The first-order valence-electron chi connectivity index (χ1n) is 8.55. The maximum atomic E-state index is 12.1. The number of benzene rings is 1. The molecule has 0 spiro atoms. The molecule has 4 nitrogen and oxygen atoms in total. The SMILES string of the molecule is CC(=O)[C@H]1C[C@@H]2SC(N(C)C)=N[C@@H]2[C@@H](OCc2ccccc2)[C@@H]1C. The van der Waals surface area contributed by atoms with Crippen molar-refractivity contribution in [2.45, 2.75) is 44.3 Å². The van der Waals surface area contributed by atoms with E-state index in [9.17, 15) is 4.79 Å². The number of Topliss-reactive ketones (excluding diaryl/α,β-unsaturated/α-hetero) is 1. The number of nitrogens with zero attached hydrogens (tertiary/aromatic N) is 2. The maximum Gasteiger partial charge on any atom is 0.159 e. The topological polar surface area (TPSA) is 41.9 Å². The molecule has 1 saturated carbocycles. The summed E-state index contributed by atoms with van der Waals surface area (Å²) >= 11 is 1.80. The molecule has 5 atom stereocenters. The Labute approximate surface area is 148 Å². The normalized spacial score (nSPS) is 32.2. The van der Waals surface area contributed by atoms with Crippen LogP contribution in [0.5, 0.6) is 0 Å². The second-order valence-corrected chi connectivity index (χ2v) is 8.23. The molecule has 0 aromatic heterocycles. The summed E-state index contributed by atoms with van der Waals surface area (Å²) in [7, 11) is 4.05. The van der Waals surface area contributed by atoms with Gasteiger partial charge in [0.2, 0.25) is 0 Å². The molecule has 2 aliphatic rings. The number of hydrogen-bond acceptors (Lipinski definition) is 5. The molecule has 130 valence electrons. The highest BCUT2D eigenvalue weighted by molar-refractivity contribution is 8.14. The molecule has 0 amide bonds. The molecule has 0 saturated heterocycles. The average molecular weight is 346 g/mol. The second kappa shape index (κ2) is 7.28. The molecule has 24 heavy (non-hydrogen) atoms. The summed E-state index contributed by atoms with van der Waals surface area (Å²) in [5, 5.41) is 1.39. The summed E-state index contributed by atoms with van der Waals surface area (Å²) in [5.41, 5.74) is 1.16. The van der Waals surface area contributed by atoms with Crippen LogP contribution in [0.1, 0.15) is 25.8 Å². The zero-order valence-corrected chi connectivity index (χ0v) is 15.6. The Morgan fingerprint density at radius 1 is 1.33 bits per heavy atom. The fourth-order valence-corrected chi connectivity index (χ4v) is 5.02. The van der Waals surface area contributed by atoms with Gasteiger partial charge in [0.1, 0.15) is 5.78 Å². The van der Waals surface area contributed by atoms with Crippen LogP contribution in [0.4, 0.5) is 0 Å². The summed E-state index contributed by atoms with van der Waals surface area (Å²) < 4.78 is 6.31. The van der Waals surface area contributed by atoms with Gasteiger partial charge in [0.15, 0.2) is 5.17 Å². The van der Waals surface area contributed by atoms with E-state index in [2.05, 4.69) is 24.0 Å². The minimum atomic E-state index is -0.0113. The third-order valence-corrected chi connectivity index (χ3v) is 6.52. The summed E-state index contributed by atoms with van der Waals surface area (Å²) in [4.78, 5) is 19.1. The first-order chi connectivity index (χ1) is 11.5. The molecule has 3 rings (SSSR count). The van der Waals surface area contributed by atoms with Crippen molar-refractivity contribution < 1.29 is 9.53 Å². The average Bonchev–Trinajstić information content (AvgIpc) is 2.98. The molecule has 1 aromatic rings. The summed E-state index contributed by atoms with van der Waals surface area (Å²) in [6.07, 6.45) is 0.889. The highest BCUT2D eigenvalue weighted by Gasteiger charge is 2.48. The van der Waals surface area contributed by atoms with Crippen molar-refractivity contribution in [3.8, 4) is 0 Å². The van der Waals surface area contributed by atoms with Gasteiger partial charge in [-0.2, -0.15) is 0 Å². The Hall–Kier alpha value is -1.33. The third-order valence-electron chi connectivity index (χ3n) is 5.06. The summed E-state index contributed by atoms with van der Waals surface area (Å²) in [5.74, 6) is 0.530. The smallest absolute Gasteiger partial charge is 0.159 e. The van der Waals surface area contributed by atoms with Gasteiger partial charge in [-0.15, -0.1) is 0 Å². The van der Waals surface area contributed by atoms with Crippen molar-refractivity contribution in [2.75, 3.05) is 14.1 Å². The number of carbonyl (C=O) groups is 1. The van der Waals surface area contributed by atoms with Gasteiger partial charge in [0.05, 0.1) is 18.8 Å².